The molecule has 0 aromatic heterocycles. The van der Waals surface area contributed by atoms with E-state index in [0.717, 1.165) is 24.8 Å². The summed E-state index contributed by atoms with van der Waals surface area (Å²) >= 11 is 0. The molecule has 0 unspecified atom stereocenters. The van der Waals surface area contributed by atoms with Crippen molar-refractivity contribution in [1.29, 1.82) is 0 Å². The van der Waals surface area contributed by atoms with E-state index >= 15 is 0 Å². The molecule has 2 aromatic carbocycles. The third-order valence-electron chi connectivity index (χ3n) is 3.57. The van der Waals surface area contributed by atoms with Gasteiger partial charge in [0.2, 0.25) is 0 Å². The van der Waals surface area contributed by atoms with Crippen molar-refractivity contribution >= 4 is 5.97 Å². The summed E-state index contributed by atoms with van der Waals surface area (Å²) in [5.74, 6) is -0.234. The molecular weight excluding hydrogens is 236 g/mol. The SMILES string of the molecule is O=C(O[C@@H]1CCCc2ccccc21)c1ccccc1. The van der Waals surface area contributed by atoms with Crippen molar-refractivity contribution in [3.63, 3.8) is 0 Å². The molecule has 0 N–H and O–H groups in total. The van der Waals surface area contributed by atoms with E-state index in [1.54, 1.807) is 12.1 Å². The first-order valence-electron chi connectivity index (χ1n) is 6.68. The predicted molar refractivity (Wildman–Crippen MR) is 74.0 cm³/mol. The maximum atomic E-state index is 12.1. The summed E-state index contributed by atoms with van der Waals surface area (Å²) in [5.41, 5.74) is 3.09. The molecule has 0 fully saturated rings. The van der Waals surface area contributed by atoms with E-state index in [1.165, 1.54) is 5.56 Å². The average Bonchev–Trinajstić information content (AvgIpc) is 2.48. The second-order valence-corrected chi connectivity index (χ2v) is 4.85. The van der Waals surface area contributed by atoms with Crippen LogP contribution in [-0.2, 0) is 11.2 Å². The molecule has 0 spiro atoms. The zero-order valence-electron chi connectivity index (χ0n) is 10.7. The third-order valence-corrected chi connectivity index (χ3v) is 3.57. The molecule has 1 atom stereocenters. The summed E-state index contributed by atoms with van der Waals surface area (Å²) in [6, 6.07) is 17.4. The molecular formula is C17H16O2. The van der Waals surface area contributed by atoms with E-state index in [4.69, 9.17) is 4.74 Å². The van der Waals surface area contributed by atoms with Crippen molar-refractivity contribution in [3.8, 4) is 0 Å². The van der Waals surface area contributed by atoms with Crippen molar-refractivity contribution < 1.29 is 9.53 Å². The summed E-state index contributed by atoms with van der Waals surface area (Å²) < 4.78 is 5.66. The number of ether oxygens (including phenoxy) is 1. The molecule has 0 radical (unpaired) electrons. The highest BCUT2D eigenvalue weighted by Gasteiger charge is 2.23. The molecule has 0 heterocycles. The second-order valence-electron chi connectivity index (χ2n) is 4.85. The van der Waals surface area contributed by atoms with Gasteiger partial charge < -0.3 is 4.74 Å². The highest BCUT2D eigenvalue weighted by molar-refractivity contribution is 5.89. The van der Waals surface area contributed by atoms with E-state index in [2.05, 4.69) is 12.1 Å². The number of benzene rings is 2. The van der Waals surface area contributed by atoms with Crippen LogP contribution in [-0.4, -0.2) is 5.97 Å². The smallest absolute Gasteiger partial charge is 0.338 e. The number of hydrogen-bond donors (Lipinski definition) is 0. The van der Waals surface area contributed by atoms with Crippen LogP contribution in [0, 0.1) is 0 Å². The second kappa shape index (κ2) is 5.27. The molecule has 2 heteroatoms. The number of esters is 1. The Kier molecular flexibility index (Phi) is 3.32. The van der Waals surface area contributed by atoms with Crippen molar-refractivity contribution in [2.75, 3.05) is 0 Å². The molecule has 0 aliphatic heterocycles. The van der Waals surface area contributed by atoms with Gasteiger partial charge in [0.25, 0.3) is 0 Å². The molecule has 0 saturated carbocycles. The Balaban J connectivity index is 1.80. The van der Waals surface area contributed by atoms with Gasteiger partial charge in [-0.1, -0.05) is 42.5 Å². The van der Waals surface area contributed by atoms with Crippen LogP contribution in [0.3, 0.4) is 0 Å². The molecule has 1 aliphatic carbocycles. The number of rotatable bonds is 2. The molecule has 2 aromatic rings. The van der Waals surface area contributed by atoms with Gasteiger partial charge in [-0.15, -0.1) is 0 Å². The zero-order chi connectivity index (χ0) is 13.1. The van der Waals surface area contributed by atoms with Gasteiger partial charge in [-0.2, -0.15) is 0 Å². The molecule has 19 heavy (non-hydrogen) atoms. The zero-order valence-corrected chi connectivity index (χ0v) is 10.7. The highest BCUT2D eigenvalue weighted by Crippen LogP contribution is 2.32. The van der Waals surface area contributed by atoms with E-state index in [-0.39, 0.29) is 12.1 Å². The lowest BCUT2D eigenvalue weighted by molar-refractivity contribution is 0.0256. The Labute approximate surface area is 113 Å². The molecule has 0 amide bonds. The summed E-state index contributed by atoms with van der Waals surface area (Å²) in [5, 5.41) is 0. The van der Waals surface area contributed by atoms with Gasteiger partial charge in [0.05, 0.1) is 5.56 Å². The van der Waals surface area contributed by atoms with Crippen molar-refractivity contribution in [3.05, 3.63) is 71.3 Å². The standard InChI is InChI=1S/C17H16O2/c18-17(14-8-2-1-3-9-14)19-16-12-6-10-13-7-4-5-11-15(13)16/h1-5,7-9,11,16H,6,10,12H2/t16-/m1/s1. The molecule has 1 aliphatic rings. The van der Waals surface area contributed by atoms with Crippen molar-refractivity contribution in [2.24, 2.45) is 0 Å². The Bertz CT molecular complexity index is 575. The summed E-state index contributed by atoms with van der Waals surface area (Å²) in [6.45, 7) is 0. The Morgan fingerprint density at radius 2 is 1.74 bits per heavy atom. The largest absolute Gasteiger partial charge is 0.454 e. The first-order chi connectivity index (χ1) is 9.34. The van der Waals surface area contributed by atoms with Crippen LogP contribution in [0.25, 0.3) is 0 Å². The number of fused-ring (bicyclic) bond motifs is 1. The highest BCUT2D eigenvalue weighted by atomic mass is 16.5. The van der Waals surface area contributed by atoms with Gasteiger partial charge >= 0.3 is 5.97 Å². The lowest BCUT2D eigenvalue weighted by Gasteiger charge is -2.25. The van der Waals surface area contributed by atoms with Crippen LogP contribution in [0.15, 0.2) is 54.6 Å². The summed E-state index contributed by atoms with van der Waals surface area (Å²) in [4.78, 5) is 12.1. The minimum absolute atomic E-state index is 0.0994. The Morgan fingerprint density at radius 1 is 1.00 bits per heavy atom. The molecule has 0 bridgehead atoms. The van der Waals surface area contributed by atoms with Gasteiger partial charge in [-0.05, 0) is 42.5 Å². The van der Waals surface area contributed by atoms with Gasteiger partial charge in [-0.3, -0.25) is 0 Å². The third kappa shape index (κ3) is 2.53. The number of hydrogen-bond acceptors (Lipinski definition) is 2. The fourth-order valence-electron chi connectivity index (χ4n) is 2.60. The van der Waals surface area contributed by atoms with Crippen molar-refractivity contribution in [1.82, 2.24) is 0 Å². The maximum absolute atomic E-state index is 12.1. The van der Waals surface area contributed by atoms with Crippen molar-refractivity contribution in [2.45, 2.75) is 25.4 Å². The molecule has 0 saturated heterocycles. The molecule has 3 rings (SSSR count). The summed E-state index contributed by atoms with van der Waals surface area (Å²) in [6.07, 6.45) is 2.96. The van der Waals surface area contributed by atoms with Gasteiger partial charge in [0.15, 0.2) is 0 Å². The van der Waals surface area contributed by atoms with Crippen LogP contribution in [0.1, 0.15) is 40.4 Å². The Hall–Kier alpha value is -2.09. The molecule has 96 valence electrons. The minimum atomic E-state index is -0.234. The number of aryl methyl sites for hydroxylation is 1. The number of carbonyl (C=O) groups excluding carboxylic acids is 1. The van der Waals surface area contributed by atoms with Crippen LogP contribution >= 0.6 is 0 Å². The number of carbonyl (C=O) groups is 1. The monoisotopic (exact) mass is 252 g/mol. The topological polar surface area (TPSA) is 26.3 Å². The lowest BCUT2D eigenvalue weighted by atomic mass is 9.89. The fraction of sp³-hybridized carbons (Fsp3) is 0.235. The lowest BCUT2D eigenvalue weighted by Crippen LogP contribution is -2.16. The average molecular weight is 252 g/mol. The van der Waals surface area contributed by atoms with Crippen LogP contribution < -0.4 is 0 Å². The van der Waals surface area contributed by atoms with Crippen LogP contribution in [0.4, 0.5) is 0 Å². The predicted octanol–water partition coefficient (Wildman–Crippen LogP) is 3.92. The fourth-order valence-corrected chi connectivity index (χ4v) is 2.60. The van der Waals surface area contributed by atoms with Gasteiger partial charge in [0, 0.05) is 0 Å². The van der Waals surface area contributed by atoms with E-state index in [1.807, 2.05) is 30.3 Å². The van der Waals surface area contributed by atoms with E-state index in [9.17, 15) is 4.79 Å². The molecule has 2 nitrogen and oxygen atoms in total. The summed E-state index contributed by atoms with van der Waals surface area (Å²) in [7, 11) is 0. The Morgan fingerprint density at radius 3 is 2.58 bits per heavy atom. The van der Waals surface area contributed by atoms with E-state index in [0.29, 0.717) is 5.56 Å². The minimum Gasteiger partial charge on any atom is -0.454 e. The van der Waals surface area contributed by atoms with E-state index < -0.39 is 0 Å². The normalized spacial score (nSPS) is 17.6. The van der Waals surface area contributed by atoms with Crippen LogP contribution in [0.5, 0.6) is 0 Å². The van der Waals surface area contributed by atoms with Gasteiger partial charge in [0.1, 0.15) is 6.10 Å². The first-order valence-corrected chi connectivity index (χ1v) is 6.68. The maximum Gasteiger partial charge on any atom is 0.338 e. The first kappa shape index (κ1) is 12.0. The quantitative estimate of drug-likeness (QED) is 0.757. The van der Waals surface area contributed by atoms with Crippen LogP contribution in [0.2, 0.25) is 0 Å². The van der Waals surface area contributed by atoms with Gasteiger partial charge in [-0.25, -0.2) is 4.79 Å².